The summed E-state index contributed by atoms with van der Waals surface area (Å²) in [6, 6.07) is 0. The Labute approximate surface area is 83.3 Å². The topological polar surface area (TPSA) is 49.3 Å². The quantitative estimate of drug-likeness (QED) is 0.712. The Morgan fingerprint density at radius 1 is 1.69 bits per heavy atom. The first-order chi connectivity index (χ1) is 6.00. The van der Waals surface area contributed by atoms with Crippen molar-refractivity contribution in [1.82, 2.24) is 5.32 Å². The molecule has 3 nitrogen and oxygen atoms in total. The van der Waals surface area contributed by atoms with Crippen molar-refractivity contribution < 1.29 is 9.90 Å². The summed E-state index contributed by atoms with van der Waals surface area (Å²) in [4.78, 5) is 11.3. The van der Waals surface area contributed by atoms with Crippen LogP contribution >= 0.6 is 11.8 Å². The van der Waals surface area contributed by atoms with E-state index < -0.39 is 5.60 Å². The van der Waals surface area contributed by atoms with Crippen molar-refractivity contribution in [2.45, 2.75) is 37.5 Å². The van der Waals surface area contributed by atoms with E-state index >= 15 is 0 Å². The maximum Gasteiger partial charge on any atom is 0.251 e. The van der Waals surface area contributed by atoms with Crippen molar-refractivity contribution in [3.63, 3.8) is 0 Å². The molecule has 0 aromatic carbocycles. The molecule has 1 amide bonds. The van der Waals surface area contributed by atoms with Gasteiger partial charge in [-0.15, -0.1) is 0 Å². The van der Waals surface area contributed by atoms with E-state index in [1.54, 1.807) is 0 Å². The van der Waals surface area contributed by atoms with E-state index in [4.69, 9.17) is 0 Å². The minimum Gasteiger partial charge on any atom is -0.381 e. The maximum absolute atomic E-state index is 11.3. The van der Waals surface area contributed by atoms with Crippen LogP contribution < -0.4 is 5.32 Å². The molecule has 2 N–H and O–H groups in total. The lowest BCUT2D eigenvalue weighted by atomic mass is 10.1. The number of aliphatic hydroxyl groups is 1. The van der Waals surface area contributed by atoms with E-state index in [0.717, 1.165) is 0 Å². The molecule has 76 valence electrons. The van der Waals surface area contributed by atoms with Gasteiger partial charge in [-0.05, 0) is 32.4 Å². The van der Waals surface area contributed by atoms with Gasteiger partial charge in [0.15, 0.2) is 0 Å². The summed E-state index contributed by atoms with van der Waals surface area (Å²) < 4.78 is 0. The molecule has 0 aromatic rings. The van der Waals surface area contributed by atoms with Crippen molar-refractivity contribution in [3.8, 4) is 0 Å². The van der Waals surface area contributed by atoms with Crippen LogP contribution in [-0.2, 0) is 4.79 Å². The van der Waals surface area contributed by atoms with E-state index in [-0.39, 0.29) is 5.91 Å². The van der Waals surface area contributed by atoms with Gasteiger partial charge in [0, 0.05) is 11.8 Å². The van der Waals surface area contributed by atoms with Gasteiger partial charge in [-0.2, -0.15) is 11.8 Å². The van der Waals surface area contributed by atoms with E-state index in [1.165, 1.54) is 32.4 Å². The monoisotopic (exact) mass is 203 g/mol. The van der Waals surface area contributed by atoms with Crippen LogP contribution in [0.15, 0.2) is 0 Å². The Balaban J connectivity index is 2.22. The van der Waals surface area contributed by atoms with Gasteiger partial charge in [-0.25, -0.2) is 0 Å². The van der Waals surface area contributed by atoms with Crippen LogP contribution in [0, 0.1) is 0 Å². The Bertz CT molecular complexity index is 183. The third kappa shape index (κ3) is 3.56. The van der Waals surface area contributed by atoms with Gasteiger partial charge in [0.1, 0.15) is 5.60 Å². The summed E-state index contributed by atoms with van der Waals surface area (Å²) in [6.07, 6.45) is 2.42. The molecule has 1 fully saturated rings. The molecule has 1 heterocycles. The van der Waals surface area contributed by atoms with Crippen molar-refractivity contribution in [2.24, 2.45) is 0 Å². The molecule has 1 aliphatic rings. The van der Waals surface area contributed by atoms with Crippen LogP contribution in [-0.4, -0.2) is 34.2 Å². The molecular weight excluding hydrogens is 186 g/mol. The number of hydrogen-bond donors (Lipinski definition) is 2. The lowest BCUT2D eigenvalue weighted by molar-refractivity contribution is -0.136. The lowest BCUT2D eigenvalue weighted by Crippen LogP contribution is -2.44. The minimum absolute atomic E-state index is 0.278. The molecule has 4 heteroatoms. The van der Waals surface area contributed by atoms with Crippen LogP contribution in [0.5, 0.6) is 0 Å². The molecule has 1 aliphatic heterocycles. The van der Waals surface area contributed by atoms with Gasteiger partial charge in [0.05, 0.1) is 0 Å². The highest BCUT2D eigenvalue weighted by atomic mass is 32.2. The van der Waals surface area contributed by atoms with E-state index in [9.17, 15) is 9.90 Å². The predicted octanol–water partition coefficient (Wildman–Crippen LogP) is 0.769. The first-order valence-corrected chi connectivity index (χ1v) is 5.67. The minimum atomic E-state index is -1.25. The number of thioether (sulfide) groups is 1. The van der Waals surface area contributed by atoms with Crippen LogP contribution in [0.3, 0.4) is 0 Å². The summed E-state index contributed by atoms with van der Waals surface area (Å²) in [6.45, 7) is 3.70. The van der Waals surface area contributed by atoms with Crippen LogP contribution in [0.4, 0.5) is 0 Å². The number of hydrogen-bond acceptors (Lipinski definition) is 3. The molecule has 0 bridgehead atoms. The molecule has 13 heavy (non-hydrogen) atoms. The molecule has 0 aromatic heterocycles. The highest BCUT2D eigenvalue weighted by Crippen LogP contribution is 2.25. The number of rotatable bonds is 3. The molecule has 0 saturated carbocycles. The Morgan fingerprint density at radius 2 is 2.38 bits per heavy atom. The highest BCUT2D eigenvalue weighted by molar-refractivity contribution is 8.00. The predicted molar refractivity (Wildman–Crippen MR) is 54.8 cm³/mol. The highest BCUT2D eigenvalue weighted by Gasteiger charge is 2.24. The summed E-state index contributed by atoms with van der Waals surface area (Å²) in [5.74, 6) is 0.920. The molecule has 0 spiro atoms. The number of carbonyl (C=O) groups is 1. The average molecular weight is 203 g/mol. The van der Waals surface area contributed by atoms with E-state index in [1.807, 2.05) is 11.8 Å². The van der Waals surface area contributed by atoms with Gasteiger partial charge in [0.2, 0.25) is 0 Å². The van der Waals surface area contributed by atoms with Gasteiger partial charge >= 0.3 is 0 Å². The fourth-order valence-electron chi connectivity index (χ4n) is 1.23. The second kappa shape index (κ2) is 4.33. The SMILES string of the molecule is CC(C)(O)C(=O)NCC1CCCS1. The van der Waals surface area contributed by atoms with Crippen LogP contribution in [0.25, 0.3) is 0 Å². The van der Waals surface area contributed by atoms with Gasteiger partial charge in [-0.1, -0.05) is 0 Å². The van der Waals surface area contributed by atoms with Crippen molar-refractivity contribution in [1.29, 1.82) is 0 Å². The number of amides is 1. The zero-order chi connectivity index (χ0) is 9.90. The second-order valence-electron chi connectivity index (χ2n) is 3.90. The largest absolute Gasteiger partial charge is 0.381 e. The summed E-state index contributed by atoms with van der Waals surface area (Å²) in [7, 11) is 0. The molecule has 0 aliphatic carbocycles. The number of carbonyl (C=O) groups excluding carboxylic acids is 1. The normalized spacial score (nSPS) is 23.2. The fourth-order valence-corrected chi connectivity index (χ4v) is 2.43. The smallest absolute Gasteiger partial charge is 0.251 e. The molecule has 0 radical (unpaired) electrons. The van der Waals surface area contributed by atoms with Gasteiger partial charge in [0.25, 0.3) is 5.91 Å². The van der Waals surface area contributed by atoms with Crippen LogP contribution in [0.2, 0.25) is 0 Å². The second-order valence-corrected chi connectivity index (χ2v) is 5.31. The maximum atomic E-state index is 11.3. The molecule has 1 saturated heterocycles. The fraction of sp³-hybridized carbons (Fsp3) is 0.889. The summed E-state index contributed by atoms with van der Waals surface area (Å²) in [5.41, 5.74) is -1.25. The van der Waals surface area contributed by atoms with Gasteiger partial charge in [-0.3, -0.25) is 4.79 Å². The Morgan fingerprint density at radius 3 is 2.85 bits per heavy atom. The zero-order valence-corrected chi connectivity index (χ0v) is 8.99. The molecule has 1 rings (SSSR count). The molecular formula is C9H17NO2S. The standard InChI is InChI=1S/C9H17NO2S/c1-9(2,12)8(11)10-6-7-4-3-5-13-7/h7,12H,3-6H2,1-2H3,(H,10,11). The average Bonchev–Trinajstić information content (AvgIpc) is 2.50. The zero-order valence-electron chi connectivity index (χ0n) is 8.17. The summed E-state index contributed by atoms with van der Waals surface area (Å²) in [5, 5.41) is 12.6. The van der Waals surface area contributed by atoms with Crippen molar-refractivity contribution in [3.05, 3.63) is 0 Å². The lowest BCUT2D eigenvalue weighted by Gasteiger charge is -2.18. The Kier molecular flexibility index (Phi) is 3.62. The molecule has 1 unspecified atom stereocenters. The van der Waals surface area contributed by atoms with Crippen molar-refractivity contribution in [2.75, 3.05) is 12.3 Å². The molecule has 1 atom stereocenters. The van der Waals surface area contributed by atoms with E-state index in [2.05, 4.69) is 5.32 Å². The van der Waals surface area contributed by atoms with Gasteiger partial charge < -0.3 is 10.4 Å². The third-order valence-corrected chi connectivity index (χ3v) is 3.47. The van der Waals surface area contributed by atoms with Crippen LogP contribution in [0.1, 0.15) is 26.7 Å². The Hall–Kier alpha value is -0.220. The number of nitrogens with one attached hydrogen (secondary N) is 1. The first kappa shape index (κ1) is 10.9. The summed E-state index contributed by atoms with van der Waals surface area (Å²) >= 11 is 1.90. The third-order valence-electron chi connectivity index (χ3n) is 2.07. The first-order valence-electron chi connectivity index (χ1n) is 4.62. The van der Waals surface area contributed by atoms with Crippen molar-refractivity contribution >= 4 is 17.7 Å². The van der Waals surface area contributed by atoms with E-state index in [0.29, 0.717) is 11.8 Å².